The summed E-state index contributed by atoms with van der Waals surface area (Å²) in [6.45, 7) is 7.69. The van der Waals surface area contributed by atoms with E-state index in [1.165, 1.54) is 0 Å². The van der Waals surface area contributed by atoms with Gasteiger partial charge in [-0.2, -0.15) is 0 Å². The number of carbonyl (C=O) groups excluding carboxylic acids is 1. The molecule has 118 valence electrons. The summed E-state index contributed by atoms with van der Waals surface area (Å²) >= 11 is 0. The van der Waals surface area contributed by atoms with E-state index in [0.717, 1.165) is 17.7 Å². The second-order valence-electron chi connectivity index (χ2n) is 5.94. The van der Waals surface area contributed by atoms with Crippen LogP contribution >= 0.6 is 0 Å². The first-order valence-electron chi connectivity index (χ1n) is 7.59. The number of aryl methyl sites for hydroxylation is 1. The van der Waals surface area contributed by atoms with Gasteiger partial charge in [-0.3, -0.25) is 4.79 Å². The average Bonchev–Trinajstić information content (AvgIpc) is 2.45. The summed E-state index contributed by atoms with van der Waals surface area (Å²) in [5.41, 5.74) is 6.82. The molecule has 0 spiro atoms. The molecule has 1 atom stereocenters. The van der Waals surface area contributed by atoms with E-state index in [2.05, 4.69) is 13.8 Å². The molecule has 0 bridgehead atoms. The minimum atomic E-state index is -0.0894. The molecular weight excluding hydrogens is 264 g/mol. The van der Waals surface area contributed by atoms with Gasteiger partial charge in [-0.15, -0.1) is 0 Å². The molecule has 4 nitrogen and oxygen atoms in total. The molecule has 1 aromatic carbocycles. The van der Waals surface area contributed by atoms with Gasteiger partial charge in [0.15, 0.2) is 0 Å². The molecule has 1 aromatic rings. The Morgan fingerprint density at radius 2 is 2.00 bits per heavy atom. The van der Waals surface area contributed by atoms with Crippen molar-refractivity contribution >= 4 is 5.91 Å². The average molecular weight is 292 g/mol. The van der Waals surface area contributed by atoms with Crippen LogP contribution in [0.4, 0.5) is 0 Å². The minimum Gasteiger partial charge on any atom is -0.491 e. The zero-order chi connectivity index (χ0) is 15.8. The summed E-state index contributed by atoms with van der Waals surface area (Å²) in [6, 6.07) is 7.88. The van der Waals surface area contributed by atoms with Crippen LogP contribution < -0.4 is 10.5 Å². The topological polar surface area (TPSA) is 55.6 Å². The first kappa shape index (κ1) is 17.5. The maximum Gasteiger partial charge on any atom is 0.226 e. The Morgan fingerprint density at radius 3 is 2.57 bits per heavy atom. The van der Waals surface area contributed by atoms with Gasteiger partial charge in [0, 0.05) is 13.6 Å². The quantitative estimate of drug-likeness (QED) is 0.800. The number of para-hydroxylation sites is 1. The number of benzene rings is 1. The number of amides is 1. The van der Waals surface area contributed by atoms with E-state index in [0.29, 0.717) is 25.6 Å². The van der Waals surface area contributed by atoms with Crippen molar-refractivity contribution in [3.05, 3.63) is 29.8 Å². The van der Waals surface area contributed by atoms with Gasteiger partial charge in [-0.25, -0.2) is 0 Å². The van der Waals surface area contributed by atoms with Gasteiger partial charge >= 0.3 is 0 Å². The highest BCUT2D eigenvalue weighted by Gasteiger charge is 2.21. The van der Waals surface area contributed by atoms with Crippen molar-refractivity contribution in [2.45, 2.75) is 27.2 Å². The standard InChI is InChI=1S/C17H28N2O2/c1-13(2)11-15(12-18)17(20)19(4)9-10-21-16-8-6-5-7-14(16)3/h5-8,13,15H,9-12,18H2,1-4H3. The van der Waals surface area contributed by atoms with Crippen LogP contribution in [0, 0.1) is 18.8 Å². The number of nitrogens with zero attached hydrogens (tertiary/aromatic N) is 1. The summed E-state index contributed by atoms with van der Waals surface area (Å²) < 4.78 is 5.73. The predicted molar refractivity (Wildman–Crippen MR) is 86.3 cm³/mol. The molecule has 21 heavy (non-hydrogen) atoms. The highest BCUT2D eigenvalue weighted by molar-refractivity contribution is 5.78. The molecule has 0 aromatic heterocycles. The van der Waals surface area contributed by atoms with Crippen LogP contribution in [-0.4, -0.2) is 37.6 Å². The normalized spacial score (nSPS) is 12.3. The molecule has 0 aliphatic rings. The van der Waals surface area contributed by atoms with Crippen LogP contribution in [0.2, 0.25) is 0 Å². The van der Waals surface area contributed by atoms with Crippen molar-refractivity contribution in [1.82, 2.24) is 4.90 Å². The van der Waals surface area contributed by atoms with Gasteiger partial charge in [0.2, 0.25) is 5.91 Å². The maximum atomic E-state index is 12.3. The fourth-order valence-electron chi connectivity index (χ4n) is 2.30. The summed E-state index contributed by atoms with van der Waals surface area (Å²) in [5, 5.41) is 0. The third-order valence-corrected chi connectivity index (χ3v) is 3.54. The Labute approximate surface area is 128 Å². The van der Waals surface area contributed by atoms with Gasteiger partial charge in [-0.05, 0) is 30.9 Å². The summed E-state index contributed by atoms with van der Waals surface area (Å²) in [5.74, 6) is 1.36. The third-order valence-electron chi connectivity index (χ3n) is 3.54. The van der Waals surface area contributed by atoms with Crippen LogP contribution in [0.1, 0.15) is 25.8 Å². The Kier molecular flexibility index (Phi) is 7.23. The van der Waals surface area contributed by atoms with E-state index in [-0.39, 0.29) is 11.8 Å². The molecule has 0 saturated carbocycles. The highest BCUT2D eigenvalue weighted by Crippen LogP contribution is 2.16. The molecule has 0 fully saturated rings. The number of nitrogens with two attached hydrogens (primary N) is 1. The zero-order valence-electron chi connectivity index (χ0n) is 13.6. The van der Waals surface area contributed by atoms with Gasteiger partial charge in [0.1, 0.15) is 12.4 Å². The second kappa shape index (κ2) is 8.67. The number of ether oxygens (including phenoxy) is 1. The highest BCUT2D eigenvalue weighted by atomic mass is 16.5. The van der Waals surface area contributed by atoms with Gasteiger partial charge in [0.05, 0.1) is 12.5 Å². The molecule has 0 radical (unpaired) electrons. The van der Waals surface area contributed by atoms with Crippen molar-refractivity contribution in [3.8, 4) is 5.75 Å². The van der Waals surface area contributed by atoms with Gasteiger partial charge < -0.3 is 15.4 Å². The Morgan fingerprint density at radius 1 is 1.33 bits per heavy atom. The number of hydrogen-bond donors (Lipinski definition) is 1. The number of carbonyl (C=O) groups is 1. The van der Waals surface area contributed by atoms with Gasteiger partial charge in [0.25, 0.3) is 0 Å². The van der Waals surface area contributed by atoms with E-state index >= 15 is 0 Å². The lowest BCUT2D eigenvalue weighted by molar-refractivity contribution is -0.134. The smallest absolute Gasteiger partial charge is 0.226 e. The lowest BCUT2D eigenvalue weighted by atomic mass is 9.96. The Bertz CT molecular complexity index is 446. The molecule has 1 rings (SSSR count). The van der Waals surface area contributed by atoms with Crippen molar-refractivity contribution in [1.29, 1.82) is 0 Å². The molecule has 2 N–H and O–H groups in total. The second-order valence-corrected chi connectivity index (χ2v) is 5.94. The molecule has 1 amide bonds. The van der Waals surface area contributed by atoms with E-state index in [9.17, 15) is 4.79 Å². The first-order valence-corrected chi connectivity index (χ1v) is 7.59. The zero-order valence-corrected chi connectivity index (χ0v) is 13.6. The first-order chi connectivity index (χ1) is 9.95. The fourth-order valence-corrected chi connectivity index (χ4v) is 2.30. The monoisotopic (exact) mass is 292 g/mol. The molecule has 1 unspecified atom stereocenters. The molecule has 0 aliphatic carbocycles. The summed E-state index contributed by atoms with van der Waals surface area (Å²) in [7, 11) is 1.81. The third kappa shape index (κ3) is 5.76. The number of hydrogen-bond acceptors (Lipinski definition) is 3. The predicted octanol–water partition coefficient (Wildman–Crippen LogP) is 2.45. The lowest BCUT2D eigenvalue weighted by Crippen LogP contribution is -2.39. The van der Waals surface area contributed by atoms with E-state index in [4.69, 9.17) is 10.5 Å². The molecule has 0 aliphatic heterocycles. The van der Waals surface area contributed by atoms with Crippen LogP contribution in [0.15, 0.2) is 24.3 Å². The fraction of sp³-hybridized carbons (Fsp3) is 0.588. The summed E-state index contributed by atoms with van der Waals surface area (Å²) in [6.07, 6.45) is 0.832. The largest absolute Gasteiger partial charge is 0.491 e. The lowest BCUT2D eigenvalue weighted by Gasteiger charge is -2.24. The Hall–Kier alpha value is -1.55. The molecule has 0 saturated heterocycles. The van der Waals surface area contributed by atoms with Crippen molar-refractivity contribution in [2.24, 2.45) is 17.6 Å². The van der Waals surface area contributed by atoms with Crippen molar-refractivity contribution in [3.63, 3.8) is 0 Å². The maximum absolute atomic E-state index is 12.3. The van der Waals surface area contributed by atoms with Crippen LogP contribution in [-0.2, 0) is 4.79 Å². The Balaban J connectivity index is 2.44. The van der Waals surface area contributed by atoms with Gasteiger partial charge in [-0.1, -0.05) is 32.0 Å². The van der Waals surface area contributed by atoms with E-state index < -0.39 is 0 Å². The van der Waals surface area contributed by atoms with Crippen LogP contribution in [0.3, 0.4) is 0 Å². The molecule has 4 heteroatoms. The van der Waals surface area contributed by atoms with E-state index in [1.807, 2.05) is 38.2 Å². The number of rotatable bonds is 8. The SMILES string of the molecule is Cc1ccccc1OCCN(C)C(=O)C(CN)CC(C)C. The van der Waals surface area contributed by atoms with Crippen LogP contribution in [0.25, 0.3) is 0 Å². The van der Waals surface area contributed by atoms with Crippen molar-refractivity contribution in [2.75, 3.05) is 26.7 Å². The minimum absolute atomic E-state index is 0.0894. The molecular formula is C17H28N2O2. The number of likely N-dealkylation sites (N-methyl/N-ethyl adjacent to an activating group) is 1. The molecule has 0 heterocycles. The van der Waals surface area contributed by atoms with Crippen molar-refractivity contribution < 1.29 is 9.53 Å². The van der Waals surface area contributed by atoms with Crippen LogP contribution in [0.5, 0.6) is 5.75 Å². The summed E-state index contributed by atoms with van der Waals surface area (Å²) in [4.78, 5) is 14.0. The van der Waals surface area contributed by atoms with E-state index in [1.54, 1.807) is 4.90 Å².